The quantitative estimate of drug-likeness (QED) is 0.864. The lowest BCUT2D eigenvalue weighted by atomic mass is 9.75. The maximum Gasteiger partial charge on any atom is 0.264 e. The first-order valence-electron chi connectivity index (χ1n) is 9.50. The van der Waals surface area contributed by atoms with Crippen LogP contribution in [0.1, 0.15) is 52.4 Å². The summed E-state index contributed by atoms with van der Waals surface area (Å²) in [6.07, 6.45) is 5.36. The van der Waals surface area contributed by atoms with E-state index in [1.807, 2.05) is 0 Å². The van der Waals surface area contributed by atoms with Gasteiger partial charge in [-0.3, -0.25) is 9.80 Å². The molecule has 3 atom stereocenters. The Morgan fingerprint density at radius 2 is 1.74 bits per heavy atom. The molecule has 2 saturated carbocycles. The Hall–Kier alpha value is -0.260. The predicted octanol–water partition coefficient (Wildman–Crippen LogP) is 2.94. The van der Waals surface area contributed by atoms with Crippen LogP contribution < -0.4 is 5.73 Å². The second-order valence-electron chi connectivity index (χ2n) is 8.28. The van der Waals surface area contributed by atoms with Crippen LogP contribution in [0.25, 0.3) is 0 Å². The standard InChI is InChI=1S/C18H33F2N3/c1-13(2)22-9-10-23(12-15(11-22)14-5-3-6-14)16-7-4-8-18(19,20)17(16)21/h13-17H,3-12,21H2,1-2H3/t15?,16-,17+/m0/s1. The van der Waals surface area contributed by atoms with Crippen molar-refractivity contribution in [2.45, 2.75) is 76.4 Å². The minimum Gasteiger partial charge on any atom is -0.321 e. The number of nitrogens with two attached hydrogens (primary N) is 1. The van der Waals surface area contributed by atoms with Crippen molar-refractivity contribution >= 4 is 0 Å². The van der Waals surface area contributed by atoms with Crippen molar-refractivity contribution in [3.63, 3.8) is 0 Å². The fourth-order valence-electron chi connectivity index (χ4n) is 4.66. The number of alkyl halides is 2. The Kier molecular flexibility index (Phi) is 5.29. The Balaban J connectivity index is 1.73. The van der Waals surface area contributed by atoms with Gasteiger partial charge in [0.05, 0.1) is 6.04 Å². The molecule has 1 saturated heterocycles. The number of nitrogens with zero attached hydrogens (tertiary/aromatic N) is 2. The number of rotatable bonds is 3. The highest BCUT2D eigenvalue weighted by atomic mass is 19.3. The highest BCUT2D eigenvalue weighted by molar-refractivity contribution is 4.98. The van der Waals surface area contributed by atoms with Crippen molar-refractivity contribution in [2.24, 2.45) is 17.6 Å². The van der Waals surface area contributed by atoms with E-state index in [0.29, 0.717) is 18.4 Å². The third-order valence-electron chi connectivity index (χ3n) is 6.54. The van der Waals surface area contributed by atoms with E-state index in [1.54, 1.807) is 0 Å². The maximum absolute atomic E-state index is 14.1. The van der Waals surface area contributed by atoms with E-state index in [2.05, 4.69) is 23.6 Å². The second kappa shape index (κ2) is 6.93. The molecule has 0 aromatic rings. The van der Waals surface area contributed by atoms with Crippen LogP contribution >= 0.6 is 0 Å². The first-order chi connectivity index (χ1) is 10.9. The van der Waals surface area contributed by atoms with E-state index in [0.717, 1.165) is 38.5 Å². The summed E-state index contributed by atoms with van der Waals surface area (Å²) in [6, 6.07) is -0.615. The molecule has 5 heteroatoms. The van der Waals surface area contributed by atoms with Crippen LogP contribution in [0.2, 0.25) is 0 Å². The van der Waals surface area contributed by atoms with Gasteiger partial charge >= 0.3 is 0 Å². The molecule has 134 valence electrons. The molecule has 0 aromatic carbocycles. The van der Waals surface area contributed by atoms with E-state index in [4.69, 9.17) is 5.73 Å². The van der Waals surface area contributed by atoms with Crippen LogP contribution in [-0.2, 0) is 0 Å². The van der Waals surface area contributed by atoms with Gasteiger partial charge in [0.15, 0.2) is 0 Å². The molecule has 23 heavy (non-hydrogen) atoms. The minimum absolute atomic E-state index is 0.0390. The van der Waals surface area contributed by atoms with Gasteiger partial charge in [-0.25, -0.2) is 8.78 Å². The van der Waals surface area contributed by atoms with E-state index >= 15 is 0 Å². The van der Waals surface area contributed by atoms with Crippen molar-refractivity contribution in [1.29, 1.82) is 0 Å². The Labute approximate surface area is 139 Å². The fraction of sp³-hybridized carbons (Fsp3) is 1.00. The van der Waals surface area contributed by atoms with Crippen molar-refractivity contribution < 1.29 is 8.78 Å². The van der Waals surface area contributed by atoms with Crippen LogP contribution in [0, 0.1) is 11.8 Å². The zero-order valence-corrected chi connectivity index (χ0v) is 14.7. The molecule has 3 nitrogen and oxygen atoms in total. The highest BCUT2D eigenvalue weighted by Gasteiger charge is 2.47. The molecule has 0 spiro atoms. The minimum atomic E-state index is -2.70. The Morgan fingerprint density at radius 3 is 2.35 bits per heavy atom. The third-order valence-corrected chi connectivity index (χ3v) is 6.54. The fourth-order valence-corrected chi connectivity index (χ4v) is 4.66. The lowest BCUT2D eigenvalue weighted by Crippen LogP contribution is -2.60. The topological polar surface area (TPSA) is 32.5 Å². The van der Waals surface area contributed by atoms with Crippen LogP contribution in [0.5, 0.6) is 0 Å². The molecule has 0 radical (unpaired) electrons. The largest absolute Gasteiger partial charge is 0.321 e. The maximum atomic E-state index is 14.1. The monoisotopic (exact) mass is 329 g/mol. The predicted molar refractivity (Wildman–Crippen MR) is 89.7 cm³/mol. The molecule has 1 unspecified atom stereocenters. The summed E-state index contributed by atoms with van der Waals surface area (Å²) >= 11 is 0. The van der Waals surface area contributed by atoms with E-state index in [9.17, 15) is 8.78 Å². The molecule has 0 aromatic heterocycles. The van der Waals surface area contributed by atoms with Gasteiger partial charge in [-0.05, 0) is 38.5 Å². The molecule has 3 fully saturated rings. The zero-order valence-electron chi connectivity index (χ0n) is 14.7. The van der Waals surface area contributed by atoms with Gasteiger partial charge in [0, 0.05) is 44.7 Å². The number of hydrogen-bond acceptors (Lipinski definition) is 3. The molecule has 2 N–H and O–H groups in total. The average molecular weight is 329 g/mol. The van der Waals surface area contributed by atoms with Crippen molar-refractivity contribution in [3.05, 3.63) is 0 Å². The summed E-state index contributed by atoms with van der Waals surface area (Å²) in [6.45, 7) is 8.44. The van der Waals surface area contributed by atoms with E-state index in [1.165, 1.54) is 19.3 Å². The molecular weight excluding hydrogens is 296 g/mol. The molecule has 1 aliphatic heterocycles. The first kappa shape index (κ1) is 17.6. The van der Waals surface area contributed by atoms with E-state index in [-0.39, 0.29) is 12.5 Å². The van der Waals surface area contributed by atoms with Gasteiger partial charge in [0.2, 0.25) is 0 Å². The lowest BCUT2D eigenvalue weighted by Gasteiger charge is -2.43. The lowest BCUT2D eigenvalue weighted by molar-refractivity contribution is -0.0842. The number of hydrogen-bond donors (Lipinski definition) is 1. The summed E-state index contributed by atoms with van der Waals surface area (Å²) in [7, 11) is 0. The molecule has 2 aliphatic carbocycles. The second-order valence-corrected chi connectivity index (χ2v) is 8.28. The summed E-state index contributed by atoms with van der Waals surface area (Å²) in [4.78, 5) is 4.86. The van der Waals surface area contributed by atoms with Crippen LogP contribution in [0.4, 0.5) is 8.78 Å². The molecule has 1 heterocycles. The van der Waals surface area contributed by atoms with Crippen LogP contribution in [-0.4, -0.2) is 60.0 Å². The Bertz CT molecular complexity index is 398. The van der Waals surface area contributed by atoms with Crippen molar-refractivity contribution in [3.8, 4) is 0 Å². The molecule has 0 amide bonds. The molecular formula is C18H33F2N3. The molecule has 3 aliphatic rings. The van der Waals surface area contributed by atoms with Crippen LogP contribution in [0.3, 0.4) is 0 Å². The summed E-state index contributed by atoms with van der Waals surface area (Å²) in [5.41, 5.74) is 6.00. The van der Waals surface area contributed by atoms with Gasteiger partial charge in [-0.2, -0.15) is 0 Å². The number of halogens is 2. The van der Waals surface area contributed by atoms with Gasteiger partial charge < -0.3 is 5.73 Å². The molecule has 3 rings (SSSR count). The normalized spacial score (nSPS) is 37.6. The average Bonchev–Trinajstić information content (AvgIpc) is 2.63. The molecule has 0 bridgehead atoms. The summed E-state index contributed by atoms with van der Waals surface area (Å²) < 4.78 is 28.2. The Morgan fingerprint density at radius 1 is 1.00 bits per heavy atom. The third kappa shape index (κ3) is 3.72. The van der Waals surface area contributed by atoms with Gasteiger partial charge in [-0.1, -0.05) is 19.3 Å². The van der Waals surface area contributed by atoms with Crippen molar-refractivity contribution in [1.82, 2.24) is 9.80 Å². The SMILES string of the molecule is CC(C)N1CCN([C@H]2CCCC(F)(F)[C@@H]2N)CC(C2CCC2)C1. The van der Waals surface area contributed by atoms with Gasteiger partial charge in [0.1, 0.15) is 0 Å². The summed E-state index contributed by atoms with van der Waals surface area (Å²) in [5, 5.41) is 0. The highest BCUT2D eigenvalue weighted by Crippen LogP contribution is 2.39. The van der Waals surface area contributed by atoms with Gasteiger partial charge in [0.25, 0.3) is 5.92 Å². The first-order valence-corrected chi connectivity index (χ1v) is 9.50. The van der Waals surface area contributed by atoms with Crippen LogP contribution in [0.15, 0.2) is 0 Å². The smallest absolute Gasteiger partial charge is 0.264 e. The van der Waals surface area contributed by atoms with Gasteiger partial charge in [-0.15, -0.1) is 0 Å². The van der Waals surface area contributed by atoms with Crippen molar-refractivity contribution in [2.75, 3.05) is 26.2 Å². The summed E-state index contributed by atoms with van der Waals surface area (Å²) in [5.74, 6) is -1.28. The van der Waals surface area contributed by atoms with E-state index < -0.39 is 12.0 Å². The zero-order chi connectivity index (χ0) is 16.6.